The molecular weight excluding hydrogens is 314 g/mol. The van der Waals surface area contributed by atoms with Crippen molar-refractivity contribution in [1.82, 2.24) is 4.90 Å². The zero-order valence-corrected chi connectivity index (χ0v) is 16.0. The van der Waals surface area contributed by atoms with Crippen LogP contribution in [0.3, 0.4) is 0 Å². The van der Waals surface area contributed by atoms with Gasteiger partial charge in [-0.05, 0) is 61.7 Å². The molecule has 4 rings (SSSR count). The first-order chi connectivity index (χ1) is 11.8. The summed E-state index contributed by atoms with van der Waals surface area (Å²) in [6.07, 6.45) is 10.2. The Bertz CT molecular complexity index is 641. The number of hydrogen-bond acceptors (Lipinski definition) is 3. The van der Waals surface area contributed by atoms with Crippen LogP contribution >= 0.6 is 0 Å². The Balaban J connectivity index is 1.78. The Morgan fingerprint density at radius 1 is 1.16 bits per heavy atom. The summed E-state index contributed by atoms with van der Waals surface area (Å²) in [5, 5.41) is 0. The fourth-order valence-corrected chi connectivity index (χ4v) is 7.22. The minimum atomic E-state index is -0.311. The molecule has 25 heavy (non-hydrogen) atoms. The number of esters is 1. The first kappa shape index (κ1) is 17.1. The van der Waals surface area contributed by atoms with E-state index >= 15 is 0 Å². The Kier molecular flexibility index (Phi) is 3.82. The van der Waals surface area contributed by atoms with Crippen LogP contribution in [0.4, 0.5) is 0 Å². The number of hydrogen-bond donors (Lipinski definition) is 0. The number of carbonyl (C=O) groups is 2. The Hall–Kier alpha value is -1.32. The lowest BCUT2D eigenvalue weighted by atomic mass is 9.47. The van der Waals surface area contributed by atoms with Gasteiger partial charge in [0.1, 0.15) is 0 Å². The van der Waals surface area contributed by atoms with Crippen LogP contribution in [0, 0.1) is 28.6 Å². The quantitative estimate of drug-likeness (QED) is 0.683. The van der Waals surface area contributed by atoms with E-state index < -0.39 is 0 Å². The molecule has 0 aromatic rings. The van der Waals surface area contributed by atoms with Gasteiger partial charge >= 0.3 is 5.97 Å². The highest BCUT2D eigenvalue weighted by Gasteiger charge is 2.61. The molecule has 0 radical (unpaired) electrons. The van der Waals surface area contributed by atoms with E-state index in [1.807, 2.05) is 11.9 Å². The van der Waals surface area contributed by atoms with E-state index in [2.05, 4.69) is 13.8 Å². The molecule has 1 aliphatic heterocycles. The van der Waals surface area contributed by atoms with Crippen LogP contribution in [0.25, 0.3) is 0 Å². The van der Waals surface area contributed by atoms with Gasteiger partial charge in [0.2, 0.25) is 5.91 Å². The van der Waals surface area contributed by atoms with Crippen molar-refractivity contribution in [2.45, 2.75) is 64.8 Å². The molecule has 4 heteroatoms. The first-order valence-electron chi connectivity index (χ1n) is 9.90. The average Bonchev–Trinajstić information content (AvgIpc) is 2.99. The maximum Gasteiger partial charge on any atom is 0.334 e. The van der Waals surface area contributed by atoms with E-state index in [4.69, 9.17) is 4.74 Å². The predicted octanol–water partition coefficient (Wildman–Crippen LogP) is 3.56. The minimum absolute atomic E-state index is 0.0529. The van der Waals surface area contributed by atoms with Gasteiger partial charge in [-0.2, -0.15) is 0 Å². The summed E-state index contributed by atoms with van der Waals surface area (Å²) in [5.74, 6) is 1.57. The Labute approximate surface area is 151 Å². The summed E-state index contributed by atoms with van der Waals surface area (Å²) in [5.41, 5.74) is 0.845. The van der Waals surface area contributed by atoms with E-state index in [9.17, 15) is 9.59 Å². The van der Waals surface area contributed by atoms with Crippen molar-refractivity contribution in [3.8, 4) is 0 Å². The number of likely N-dealkylation sites (N-methyl/N-ethyl adjacent to an activating group) is 1. The molecule has 6 atom stereocenters. The third-order valence-electron chi connectivity index (χ3n) is 8.52. The second-order valence-corrected chi connectivity index (χ2v) is 9.34. The molecule has 0 aromatic carbocycles. The van der Waals surface area contributed by atoms with Crippen LogP contribution in [0.2, 0.25) is 0 Å². The molecule has 3 fully saturated rings. The van der Waals surface area contributed by atoms with Crippen molar-refractivity contribution >= 4 is 11.9 Å². The molecule has 0 bridgehead atoms. The second kappa shape index (κ2) is 5.59. The number of fused-ring (bicyclic) bond motifs is 5. The summed E-state index contributed by atoms with van der Waals surface area (Å²) in [6, 6.07) is 0.117. The third-order valence-corrected chi connectivity index (χ3v) is 8.52. The zero-order chi connectivity index (χ0) is 18.0. The number of carbonyl (C=O) groups excluding carboxylic acids is 2. The van der Waals surface area contributed by atoms with Crippen LogP contribution < -0.4 is 0 Å². The van der Waals surface area contributed by atoms with E-state index in [1.54, 1.807) is 6.08 Å². The molecule has 3 aliphatic carbocycles. The van der Waals surface area contributed by atoms with Gasteiger partial charge in [0, 0.05) is 24.6 Å². The van der Waals surface area contributed by atoms with Gasteiger partial charge in [-0.25, -0.2) is 4.79 Å². The topological polar surface area (TPSA) is 46.6 Å². The largest absolute Gasteiger partial charge is 0.466 e. The average molecular weight is 345 g/mol. The molecule has 4 nitrogen and oxygen atoms in total. The summed E-state index contributed by atoms with van der Waals surface area (Å²) in [6.45, 7) is 4.72. The maximum atomic E-state index is 12.6. The number of nitrogens with zero attached hydrogens (tertiary/aromatic N) is 1. The van der Waals surface area contributed by atoms with E-state index in [1.165, 1.54) is 45.6 Å². The first-order valence-corrected chi connectivity index (χ1v) is 9.90. The molecule has 0 saturated heterocycles. The van der Waals surface area contributed by atoms with Gasteiger partial charge in [-0.15, -0.1) is 0 Å². The van der Waals surface area contributed by atoms with Crippen LogP contribution in [0.15, 0.2) is 11.6 Å². The fourth-order valence-electron chi connectivity index (χ4n) is 7.22. The maximum absolute atomic E-state index is 12.6. The molecule has 138 valence electrons. The van der Waals surface area contributed by atoms with Gasteiger partial charge in [0.05, 0.1) is 12.7 Å². The van der Waals surface area contributed by atoms with Crippen molar-refractivity contribution in [2.75, 3.05) is 14.2 Å². The summed E-state index contributed by atoms with van der Waals surface area (Å²) in [7, 11) is 3.33. The SMILES string of the molecule is COC(=O)C1=CC(=O)N(C)C2CC[C@@H]3[C@@H](CC[C@]4(C)CCC[C@@H]34)[C@@]12C. The molecule has 4 aliphatic rings. The monoisotopic (exact) mass is 345 g/mol. The van der Waals surface area contributed by atoms with Crippen molar-refractivity contribution in [3.63, 3.8) is 0 Å². The predicted molar refractivity (Wildman–Crippen MR) is 95.7 cm³/mol. The lowest BCUT2D eigenvalue weighted by molar-refractivity contribution is -0.149. The number of rotatable bonds is 1. The molecule has 0 N–H and O–H groups in total. The molecule has 0 spiro atoms. The minimum Gasteiger partial charge on any atom is -0.466 e. The van der Waals surface area contributed by atoms with Gasteiger partial charge in [0.15, 0.2) is 0 Å². The van der Waals surface area contributed by atoms with Crippen molar-refractivity contribution in [3.05, 3.63) is 11.6 Å². The molecule has 1 amide bonds. The molecule has 0 aromatic heterocycles. The Morgan fingerprint density at radius 3 is 2.64 bits per heavy atom. The van der Waals surface area contributed by atoms with Gasteiger partial charge in [0.25, 0.3) is 0 Å². The van der Waals surface area contributed by atoms with Crippen molar-refractivity contribution in [2.24, 2.45) is 28.6 Å². The molecule has 1 heterocycles. The number of ether oxygens (including phenoxy) is 1. The zero-order valence-electron chi connectivity index (χ0n) is 16.0. The van der Waals surface area contributed by atoms with E-state index in [0.717, 1.165) is 12.3 Å². The highest BCUT2D eigenvalue weighted by molar-refractivity contribution is 6.01. The number of methoxy groups -OCH3 is 1. The third kappa shape index (κ3) is 2.18. The fraction of sp³-hybridized carbons (Fsp3) is 0.810. The molecule has 3 saturated carbocycles. The normalized spacial score (nSPS) is 46.0. The van der Waals surface area contributed by atoms with Gasteiger partial charge in [-0.1, -0.05) is 20.3 Å². The highest BCUT2D eigenvalue weighted by atomic mass is 16.5. The lowest BCUT2D eigenvalue weighted by Gasteiger charge is -2.60. The van der Waals surface area contributed by atoms with Gasteiger partial charge in [-0.3, -0.25) is 4.79 Å². The smallest absolute Gasteiger partial charge is 0.334 e. The Morgan fingerprint density at radius 2 is 1.92 bits per heavy atom. The van der Waals surface area contributed by atoms with E-state index in [0.29, 0.717) is 22.8 Å². The molecule has 1 unspecified atom stereocenters. The van der Waals surface area contributed by atoms with Crippen molar-refractivity contribution in [1.29, 1.82) is 0 Å². The van der Waals surface area contributed by atoms with Crippen LogP contribution in [0.5, 0.6) is 0 Å². The molecular formula is C21H31NO3. The van der Waals surface area contributed by atoms with Crippen LogP contribution in [-0.4, -0.2) is 37.0 Å². The van der Waals surface area contributed by atoms with Crippen LogP contribution in [-0.2, 0) is 14.3 Å². The lowest BCUT2D eigenvalue weighted by Crippen LogP contribution is -2.61. The standard InChI is InChI=1S/C21H31NO3/c1-20-10-5-6-14(20)13-7-8-17-21(2,15(13)9-11-20)16(19(24)25-4)12-18(23)22(17)3/h12-15,17H,5-11H2,1-4H3/t13-,14-,15+,17?,20-,21-/m0/s1. The summed E-state index contributed by atoms with van der Waals surface area (Å²) in [4.78, 5) is 26.9. The summed E-state index contributed by atoms with van der Waals surface area (Å²) < 4.78 is 5.10. The number of amides is 1. The highest BCUT2D eigenvalue weighted by Crippen LogP contribution is 2.65. The van der Waals surface area contributed by atoms with E-state index in [-0.39, 0.29) is 23.3 Å². The van der Waals surface area contributed by atoms with Crippen LogP contribution in [0.1, 0.15) is 58.8 Å². The second-order valence-electron chi connectivity index (χ2n) is 9.34. The summed E-state index contributed by atoms with van der Waals surface area (Å²) >= 11 is 0. The van der Waals surface area contributed by atoms with Gasteiger partial charge < -0.3 is 9.64 Å². The van der Waals surface area contributed by atoms with Crippen molar-refractivity contribution < 1.29 is 14.3 Å².